The number of rotatable bonds is 6. The molecule has 1 amide bonds. The molecule has 0 aliphatic heterocycles. The minimum Gasteiger partial charge on any atom is -0.490 e. The zero-order chi connectivity index (χ0) is 16.9. The molecule has 2 aromatic heterocycles. The zero-order valence-electron chi connectivity index (χ0n) is 13.6. The number of nitrogens with zero attached hydrogens (tertiary/aromatic N) is 1. The van der Waals surface area contributed by atoms with Gasteiger partial charge in [-0.15, -0.1) is 0 Å². The van der Waals surface area contributed by atoms with Crippen LogP contribution in [0.25, 0.3) is 11.0 Å². The third kappa shape index (κ3) is 3.32. The van der Waals surface area contributed by atoms with Gasteiger partial charge in [-0.3, -0.25) is 9.78 Å². The van der Waals surface area contributed by atoms with Gasteiger partial charge in [-0.05, 0) is 44.2 Å². The minimum absolute atomic E-state index is 0.236. The highest BCUT2D eigenvalue weighted by Crippen LogP contribution is 2.30. The molecule has 24 heavy (non-hydrogen) atoms. The van der Waals surface area contributed by atoms with Crippen LogP contribution in [-0.2, 0) is 0 Å². The largest absolute Gasteiger partial charge is 0.490 e. The first-order chi connectivity index (χ1) is 11.7. The Morgan fingerprint density at radius 2 is 1.92 bits per heavy atom. The lowest BCUT2D eigenvalue weighted by atomic mass is 10.2. The van der Waals surface area contributed by atoms with Crippen molar-refractivity contribution in [1.82, 2.24) is 9.97 Å². The number of aromatic nitrogens is 2. The van der Waals surface area contributed by atoms with E-state index < -0.39 is 0 Å². The summed E-state index contributed by atoms with van der Waals surface area (Å²) in [6, 6.07) is 10.8. The number of anilines is 1. The number of fused-ring (bicyclic) bond motifs is 1. The molecule has 0 aliphatic rings. The fourth-order valence-corrected chi connectivity index (χ4v) is 2.41. The molecule has 0 saturated carbocycles. The van der Waals surface area contributed by atoms with Crippen molar-refractivity contribution in [2.75, 3.05) is 18.5 Å². The number of nitrogens with one attached hydrogen (secondary N) is 2. The Balaban J connectivity index is 1.81. The zero-order valence-corrected chi connectivity index (χ0v) is 13.6. The minimum atomic E-state index is -0.236. The fraction of sp³-hybridized carbons (Fsp3) is 0.222. The number of pyridine rings is 1. The van der Waals surface area contributed by atoms with Gasteiger partial charge >= 0.3 is 0 Å². The number of ether oxygens (including phenoxy) is 2. The molecule has 0 spiro atoms. The number of carbonyl (C=O) groups excluding carboxylic acids is 1. The summed E-state index contributed by atoms with van der Waals surface area (Å²) in [4.78, 5) is 19.7. The Bertz CT molecular complexity index is 825. The summed E-state index contributed by atoms with van der Waals surface area (Å²) in [5, 5.41) is 2.85. The van der Waals surface area contributed by atoms with Crippen LogP contribution >= 0.6 is 0 Å². The molecule has 0 bridgehead atoms. The Morgan fingerprint density at radius 3 is 2.67 bits per heavy atom. The molecule has 0 fully saturated rings. The van der Waals surface area contributed by atoms with E-state index >= 15 is 0 Å². The molecule has 2 heterocycles. The lowest BCUT2D eigenvalue weighted by molar-refractivity contribution is 0.102. The van der Waals surface area contributed by atoms with Crippen molar-refractivity contribution in [2.45, 2.75) is 13.8 Å². The predicted molar refractivity (Wildman–Crippen MR) is 92.8 cm³/mol. The molecule has 0 saturated heterocycles. The Morgan fingerprint density at radius 1 is 1.12 bits per heavy atom. The summed E-state index contributed by atoms with van der Waals surface area (Å²) < 4.78 is 11.1. The third-order valence-electron chi connectivity index (χ3n) is 3.43. The van der Waals surface area contributed by atoms with Gasteiger partial charge in [0, 0.05) is 18.0 Å². The monoisotopic (exact) mass is 325 g/mol. The third-order valence-corrected chi connectivity index (χ3v) is 3.43. The molecule has 1 aromatic carbocycles. The second-order valence-corrected chi connectivity index (χ2v) is 5.10. The average molecular weight is 325 g/mol. The molecule has 3 rings (SSSR count). The summed E-state index contributed by atoms with van der Waals surface area (Å²) >= 11 is 0. The van der Waals surface area contributed by atoms with E-state index in [4.69, 9.17) is 9.47 Å². The standard InChI is InChI=1S/C18H19N3O3/c1-3-23-16-8-7-12(10-17(16)24-4-2)20-18(22)15-11-14-13(21-15)6-5-9-19-14/h5-11,21H,3-4H2,1-2H3,(H,20,22). The molecular weight excluding hydrogens is 306 g/mol. The molecule has 0 aliphatic carbocycles. The van der Waals surface area contributed by atoms with Gasteiger partial charge in [0.25, 0.3) is 5.91 Å². The van der Waals surface area contributed by atoms with Crippen molar-refractivity contribution in [2.24, 2.45) is 0 Å². The van der Waals surface area contributed by atoms with Gasteiger partial charge in [0.05, 0.1) is 24.2 Å². The molecule has 0 unspecified atom stereocenters. The highest BCUT2D eigenvalue weighted by Gasteiger charge is 2.12. The maximum Gasteiger partial charge on any atom is 0.272 e. The van der Waals surface area contributed by atoms with Crippen LogP contribution in [0, 0.1) is 0 Å². The van der Waals surface area contributed by atoms with Crippen LogP contribution < -0.4 is 14.8 Å². The lowest BCUT2D eigenvalue weighted by Gasteiger charge is -2.12. The SMILES string of the molecule is CCOc1ccc(NC(=O)c2cc3ncccc3[nH]2)cc1OCC. The first-order valence-electron chi connectivity index (χ1n) is 7.86. The van der Waals surface area contributed by atoms with Gasteiger partial charge < -0.3 is 19.8 Å². The number of hydrogen-bond acceptors (Lipinski definition) is 4. The topological polar surface area (TPSA) is 76.2 Å². The number of hydrogen-bond donors (Lipinski definition) is 2. The van der Waals surface area contributed by atoms with Crippen LogP contribution in [-0.4, -0.2) is 29.1 Å². The van der Waals surface area contributed by atoms with Crippen LogP contribution in [0.2, 0.25) is 0 Å². The maximum atomic E-state index is 12.4. The van der Waals surface area contributed by atoms with Gasteiger partial charge in [-0.1, -0.05) is 0 Å². The van der Waals surface area contributed by atoms with Crippen molar-refractivity contribution < 1.29 is 14.3 Å². The van der Waals surface area contributed by atoms with Crippen LogP contribution in [0.15, 0.2) is 42.6 Å². The number of H-pyrrole nitrogens is 1. The van der Waals surface area contributed by atoms with E-state index in [1.165, 1.54) is 0 Å². The van der Waals surface area contributed by atoms with E-state index in [2.05, 4.69) is 15.3 Å². The summed E-state index contributed by atoms with van der Waals surface area (Å²) in [7, 11) is 0. The Hall–Kier alpha value is -3.02. The predicted octanol–water partition coefficient (Wildman–Crippen LogP) is 3.61. The molecule has 0 radical (unpaired) electrons. The smallest absolute Gasteiger partial charge is 0.272 e. The molecule has 2 N–H and O–H groups in total. The summed E-state index contributed by atoms with van der Waals surface area (Å²) in [5.74, 6) is 1.03. The van der Waals surface area contributed by atoms with E-state index in [0.717, 1.165) is 11.0 Å². The summed E-state index contributed by atoms with van der Waals surface area (Å²) in [6.07, 6.45) is 1.69. The normalized spacial score (nSPS) is 10.6. The quantitative estimate of drug-likeness (QED) is 0.726. The van der Waals surface area contributed by atoms with Gasteiger partial charge in [-0.2, -0.15) is 0 Å². The lowest BCUT2D eigenvalue weighted by Crippen LogP contribution is -2.12. The number of carbonyl (C=O) groups is 1. The molecule has 6 heteroatoms. The first-order valence-corrected chi connectivity index (χ1v) is 7.86. The number of benzene rings is 1. The van der Waals surface area contributed by atoms with Gasteiger partial charge in [0.1, 0.15) is 5.69 Å². The Kier molecular flexibility index (Phi) is 4.65. The second kappa shape index (κ2) is 7.04. The number of aromatic amines is 1. The van der Waals surface area contributed by atoms with Crippen LogP contribution in [0.4, 0.5) is 5.69 Å². The molecule has 6 nitrogen and oxygen atoms in total. The van der Waals surface area contributed by atoms with E-state index in [-0.39, 0.29) is 5.91 Å². The molecule has 3 aromatic rings. The molecular formula is C18H19N3O3. The first kappa shape index (κ1) is 15.9. The maximum absolute atomic E-state index is 12.4. The Labute approximate surface area is 139 Å². The van der Waals surface area contributed by atoms with E-state index in [0.29, 0.717) is 36.1 Å². The van der Waals surface area contributed by atoms with Crippen LogP contribution in [0.1, 0.15) is 24.3 Å². The van der Waals surface area contributed by atoms with E-state index in [1.807, 2.05) is 26.0 Å². The van der Waals surface area contributed by atoms with Crippen molar-refractivity contribution in [1.29, 1.82) is 0 Å². The highest BCUT2D eigenvalue weighted by molar-refractivity contribution is 6.05. The fourth-order valence-electron chi connectivity index (χ4n) is 2.41. The van der Waals surface area contributed by atoms with Crippen LogP contribution in [0.3, 0.4) is 0 Å². The number of amides is 1. The second-order valence-electron chi connectivity index (χ2n) is 5.10. The van der Waals surface area contributed by atoms with Crippen molar-refractivity contribution >= 4 is 22.6 Å². The van der Waals surface area contributed by atoms with Gasteiger partial charge in [0.2, 0.25) is 0 Å². The molecule has 0 atom stereocenters. The summed E-state index contributed by atoms with van der Waals surface area (Å²) in [6.45, 7) is 4.88. The summed E-state index contributed by atoms with van der Waals surface area (Å²) in [5.41, 5.74) is 2.67. The van der Waals surface area contributed by atoms with Crippen LogP contribution in [0.5, 0.6) is 11.5 Å². The molecule has 124 valence electrons. The van der Waals surface area contributed by atoms with Crippen molar-refractivity contribution in [3.8, 4) is 11.5 Å². The van der Waals surface area contributed by atoms with E-state index in [1.54, 1.807) is 30.5 Å². The van der Waals surface area contributed by atoms with Crippen molar-refractivity contribution in [3.63, 3.8) is 0 Å². The van der Waals surface area contributed by atoms with Gasteiger partial charge in [-0.25, -0.2) is 0 Å². The van der Waals surface area contributed by atoms with E-state index in [9.17, 15) is 4.79 Å². The highest BCUT2D eigenvalue weighted by atomic mass is 16.5. The average Bonchev–Trinajstić information content (AvgIpc) is 3.02. The van der Waals surface area contributed by atoms with Crippen molar-refractivity contribution in [3.05, 3.63) is 48.3 Å². The van der Waals surface area contributed by atoms with Gasteiger partial charge in [0.15, 0.2) is 11.5 Å².